The second-order valence-electron chi connectivity index (χ2n) is 7.46. The average Bonchev–Trinajstić information content (AvgIpc) is 2.86. The van der Waals surface area contributed by atoms with Gasteiger partial charge in [0.1, 0.15) is 38.6 Å². The Labute approximate surface area is 201 Å². The van der Waals surface area contributed by atoms with Crippen LogP contribution in [0.5, 0.6) is 0 Å². The van der Waals surface area contributed by atoms with Crippen molar-refractivity contribution in [1.29, 1.82) is 0 Å². The topological polar surface area (TPSA) is 146 Å². The zero-order valence-corrected chi connectivity index (χ0v) is 19.1. The van der Waals surface area contributed by atoms with Crippen LogP contribution in [0.2, 0.25) is 0 Å². The number of benzene rings is 2. The van der Waals surface area contributed by atoms with E-state index in [2.05, 4.69) is 17.9 Å². The van der Waals surface area contributed by atoms with Gasteiger partial charge in [0.05, 0.1) is 11.1 Å². The number of aliphatic hydroxyl groups is 2. The molecule has 0 aliphatic heterocycles. The summed E-state index contributed by atoms with van der Waals surface area (Å²) >= 11 is 0. The van der Waals surface area contributed by atoms with Gasteiger partial charge in [-0.05, 0) is 29.8 Å². The second-order valence-corrected chi connectivity index (χ2v) is 7.46. The first-order valence-corrected chi connectivity index (χ1v) is 10.5. The molecule has 2 unspecified atom stereocenters. The van der Waals surface area contributed by atoms with Crippen molar-refractivity contribution in [2.24, 2.45) is 0 Å². The van der Waals surface area contributed by atoms with E-state index in [0.717, 1.165) is 6.08 Å². The molecule has 2 atom stereocenters. The summed E-state index contributed by atoms with van der Waals surface area (Å²) in [6.45, 7) is 6.25. The van der Waals surface area contributed by atoms with E-state index in [9.17, 15) is 29.4 Å². The number of hydrogen-bond donors (Lipinski definition) is 2. The molecule has 0 fully saturated rings. The van der Waals surface area contributed by atoms with E-state index < -0.39 is 62.5 Å². The minimum absolute atomic E-state index is 0.132. The highest BCUT2D eigenvalue weighted by Crippen LogP contribution is 2.22. The maximum Gasteiger partial charge on any atom is 0.339 e. The van der Waals surface area contributed by atoms with Gasteiger partial charge in [-0.15, -0.1) is 0 Å². The van der Waals surface area contributed by atoms with Crippen LogP contribution in [-0.2, 0) is 28.5 Å². The largest absolute Gasteiger partial charge is 0.460 e. The molecule has 0 aliphatic rings. The van der Waals surface area contributed by atoms with Gasteiger partial charge in [-0.2, -0.15) is 0 Å². The number of esters is 4. The highest BCUT2D eigenvalue weighted by Gasteiger charge is 2.23. The summed E-state index contributed by atoms with van der Waals surface area (Å²) in [6, 6.07) is 9.81. The molecule has 2 aromatic carbocycles. The molecule has 2 aromatic rings. The molecule has 0 aliphatic carbocycles. The molecular weight excluding hydrogens is 460 g/mol. The molecule has 10 nitrogen and oxygen atoms in total. The van der Waals surface area contributed by atoms with Crippen LogP contribution in [0.25, 0.3) is 10.8 Å². The Balaban J connectivity index is 2.11. The van der Waals surface area contributed by atoms with E-state index in [0.29, 0.717) is 10.8 Å². The molecule has 0 heterocycles. The maximum atomic E-state index is 12.7. The van der Waals surface area contributed by atoms with Gasteiger partial charge < -0.3 is 29.2 Å². The average molecular weight is 486 g/mol. The molecule has 35 heavy (non-hydrogen) atoms. The van der Waals surface area contributed by atoms with Crippen molar-refractivity contribution in [3.8, 4) is 0 Å². The Kier molecular flexibility index (Phi) is 10.1. The molecule has 186 valence electrons. The summed E-state index contributed by atoms with van der Waals surface area (Å²) in [7, 11) is 0. The van der Waals surface area contributed by atoms with Crippen molar-refractivity contribution in [3.63, 3.8) is 0 Å². The number of fused-ring (bicyclic) bond motifs is 1. The number of rotatable bonds is 12. The first-order valence-electron chi connectivity index (χ1n) is 10.5. The van der Waals surface area contributed by atoms with E-state index in [4.69, 9.17) is 14.2 Å². The lowest BCUT2D eigenvalue weighted by molar-refractivity contribution is -0.143. The van der Waals surface area contributed by atoms with Crippen molar-refractivity contribution in [2.45, 2.75) is 19.1 Å². The predicted molar refractivity (Wildman–Crippen MR) is 123 cm³/mol. The van der Waals surface area contributed by atoms with Crippen molar-refractivity contribution in [3.05, 3.63) is 72.3 Å². The lowest BCUT2D eigenvalue weighted by Gasteiger charge is -2.15. The van der Waals surface area contributed by atoms with Gasteiger partial charge in [-0.1, -0.05) is 37.4 Å². The third-order valence-electron chi connectivity index (χ3n) is 4.48. The summed E-state index contributed by atoms with van der Waals surface area (Å²) < 4.78 is 19.7. The monoisotopic (exact) mass is 486 g/mol. The SMILES string of the molecule is C=CC(=O)OCC(O)COC(=O)c1cc2ccccc2cc1C(=O)OCC(O)COC(=O)C(=C)C. The third-order valence-corrected chi connectivity index (χ3v) is 4.48. The molecule has 0 radical (unpaired) electrons. The zero-order valence-electron chi connectivity index (χ0n) is 19.1. The van der Waals surface area contributed by atoms with E-state index in [1.54, 1.807) is 24.3 Å². The number of hydrogen-bond acceptors (Lipinski definition) is 10. The van der Waals surface area contributed by atoms with Crippen LogP contribution >= 0.6 is 0 Å². The van der Waals surface area contributed by atoms with Gasteiger partial charge in [-0.25, -0.2) is 19.2 Å². The minimum atomic E-state index is -1.30. The van der Waals surface area contributed by atoms with Gasteiger partial charge >= 0.3 is 23.9 Å². The lowest BCUT2D eigenvalue weighted by Crippen LogP contribution is -2.27. The van der Waals surface area contributed by atoms with Gasteiger partial charge in [-0.3, -0.25) is 0 Å². The van der Waals surface area contributed by atoms with E-state index in [1.165, 1.54) is 19.1 Å². The Hall–Kier alpha value is -4.02. The standard InChI is InChI=1S/C25H26O10/c1-4-22(28)32-11-18(26)13-34-24(30)20-9-16-7-5-6-8-17(16)10-21(20)25(31)35-14-19(27)12-33-23(29)15(2)3/h4-10,18-19,26-27H,1-2,11-14H2,3H3. The van der Waals surface area contributed by atoms with Crippen molar-refractivity contribution in [1.82, 2.24) is 0 Å². The van der Waals surface area contributed by atoms with E-state index in [-0.39, 0.29) is 16.7 Å². The molecule has 10 heteroatoms. The van der Waals surface area contributed by atoms with E-state index >= 15 is 0 Å². The minimum Gasteiger partial charge on any atom is -0.460 e. The maximum absolute atomic E-state index is 12.7. The Morgan fingerprint density at radius 3 is 1.69 bits per heavy atom. The highest BCUT2D eigenvalue weighted by atomic mass is 16.6. The third kappa shape index (κ3) is 8.36. The Bertz CT molecular complexity index is 1120. The van der Waals surface area contributed by atoms with Crippen molar-refractivity contribution >= 4 is 34.6 Å². The molecule has 2 N–H and O–H groups in total. The van der Waals surface area contributed by atoms with Gasteiger partial charge in [0, 0.05) is 11.6 Å². The lowest BCUT2D eigenvalue weighted by atomic mass is 10.0. The molecule has 0 saturated heterocycles. The zero-order chi connectivity index (χ0) is 26.0. The van der Waals surface area contributed by atoms with Crippen LogP contribution in [0.1, 0.15) is 27.6 Å². The summed E-state index contributed by atoms with van der Waals surface area (Å²) in [5, 5.41) is 21.1. The van der Waals surface area contributed by atoms with Crippen LogP contribution in [0.3, 0.4) is 0 Å². The van der Waals surface area contributed by atoms with Crippen LogP contribution in [0, 0.1) is 0 Å². The van der Waals surface area contributed by atoms with Crippen LogP contribution in [-0.4, -0.2) is 72.7 Å². The molecule has 2 rings (SSSR count). The molecular formula is C25H26O10. The summed E-state index contributed by atoms with van der Waals surface area (Å²) in [6.07, 6.45) is -1.67. The summed E-state index contributed by atoms with van der Waals surface area (Å²) in [4.78, 5) is 47.9. The van der Waals surface area contributed by atoms with Gasteiger partial charge in [0.25, 0.3) is 0 Å². The van der Waals surface area contributed by atoms with Crippen molar-refractivity contribution < 1.29 is 48.3 Å². The second kappa shape index (κ2) is 13.0. The highest BCUT2D eigenvalue weighted by molar-refractivity contribution is 6.07. The Morgan fingerprint density at radius 2 is 1.26 bits per heavy atom. The fraction of sp³-hybridized carbons (Fsp3) is 0.280. The normalized spacial score (nSPS) is 12.2. The fourth-order valence-electron chi connectivity index (χ4n) is 2.71. The van der Waals surface area contributed by atoms with Crippen LogP contribution in [0.15, 0.2) is 61.2 Å². The first-order chi connectivity index (χ1) is 16.6. The van der Waals surface area contributed by atoms with E-state index in [1.807, 2.05) is 0 Å². The molecule has 0 spiro atoms. The number of aliphatic hydroxyl groups excluding tert-OH is 2. The Morgan fingerprint density at radius 1 is 0.829 bits per heavy atom. The molecule has 0 saturated carbocycles. The van der Waals surface area contributed by atoms with Crippen molar-refractivity contribution in [2.75, 3.05) is 26.4 Å². The first kappa shape index (κ1) is 27.2. The fourth-order valence-corrected chi connectivity index (χ4v) is 2.71. The number of carbonyl (C=O) groups is 4. The summed E-state index contributed by atoms with van der Waals surface area (Å²) in [5.41, 5.74) is -0.114. The molecule has 0 amide bonds. The quantitative estimate of drug-likeness (QED) is 0.258. The predicted octanol–water partition coefficient (Wildman–Crippen LogP) is 1.72. The van der Waals surface area contributed by atoms with Crippen LogP contribution < -0.4 is 0 Å². The summed E-state index contributed by atoms with van der Waals surface area (Å²) in [5.74, 6) is -3.29. The molecule has 0 bridgehead atoms. The smallest absolute Gasteiger partial charge is 0.339 e. The number of carbonyl (C=O) groups excluding carboxylic acids is 4. The number of ether oxygens (including phenoxy) is 4. The van der Waals surface area contributed by atoms with Gasteiger partial charge in [0.15, 0.2) is 0 Å². The molecule has 0 aromatic heterocycles. The van der Waals surface area contributed by atoms with Crippen LogP contribution in [0.4, 0.5) is 0 Å². The van der Waals surface area contributed by atoms with Gasteiger partial charge in [0.2, 0.25) is 0 Å².